The van der Waals surface area contributed by atoms with Crippen LogP contribution in [0.4, 0.5) is 5.69 Å². The molecule has 0 fully saturated rings. The van der Waals surface area contributed by atoms with Gasteiger partial charge in [-0.3, -0.25) is 0 Å². The van der Waals surface area contributed by atoms with Crippen LogP contribution in [0.5, 0.6) is 0 Å². The van der Waals surface area contributed by atoms with Crippen LogP contribution in [0, 0.1) is 13.8 Å². The molecule has 0 aliphatic heterocycles. The van der Waals surface area contributed by atoms with Crippen LogP contribution in [0.3, 0.4) is 0 Å². The molecule has 0 aliphatic rings. The molecule has 3 rings (SSSR count). The Labute approximate surface area is 118 Å². The molecule has 0 amide bonds. The highest BCUT2D eigenvalue weighted by Crippen LogP contribution is 2.30. The molecule has 0 spiro atoms. The topological polar surface area (TPSA) is 52.0 Å². The molecule has 3 heteroatoms. The van der Waals surface area contributed by atoms with Gasteiger partial charge in [0.15, 0.2) is 5.58 Å². The van der Waals surface area contributed by atoms with Crippen molar-refractivity contribution in [3.8, 4) is 11.5 Å². The second kappa shape index (κ2) is 4.67. The number of fused-ring (bicyclic) bond motifs is 1. The maximum Gasteiger partial charge on any atom is 0.227 e. The Morgan fingerprint density at radius 1 is 1.10 bits per heavy atom. The highest BCUT2D eigenvalue weighted by molar-refractivity contribution is 5.87. The van der Waals surface area contributed by atoms with Gasteiger partial charge in [0.1, 0.15) is 5.52 Å². The van der Waals surface area contributed by atoms with Gasteiger partial charge in [0.2, 0.25) is 5.89 Å². The smallest absolute Gasteiger partial charge is 0.227 e. The fourth-order valence-electron chi connectivity index (χ4n) is 2.32. The van der Waals surface area contributed by atoms with Gasteiger partial charge in [-0.05, 0) is 61.2 Å². The van der Waals surface area contributed by atoms with Gasteiger partial charge >= 0.3 is 0 Å². The van der Waals surface area contributed by atoms with E-state index in [0.717, 1.165) is 17.5 Å². The molecule has 0 saturated heterocycles. The molecule has 2 N–H and O–H groups in total. The van der Waals surface area contributed by atoms with Gasteiger partial charge in [0, 0.05) is 5.56 Å². The number of aryl methyl sites for hydroxylation is 3. The summed E-state index contributed by atoms with van der Waals surface area (Å²) in [6.07, 6.45) is 0.936. The van der Waals surface area contributed by atoms with E-state index in [0.29, 0.717) is 17.2 Å². The van der Waals surface area contributed by atoms with Crippen molar-refractivity contribution in [2.75, 3.05) is 5.73 Å². The summed E-state index contributed by atoms with van der Waals surface area (Å²) in [5, 5.41) is 0. The normalized spacial score (nSPS) is 11.2. The van der Waals surface area contributed by atoms with Crippen LogP contribution >= 0.6 is 0 Å². The number of oxazole rings is 1. The molecule has 1 aromatic heterocycles. The van der Waals surface area contributed by atoms with Crippen molar-refractivity contribution in [3.05, 3.63) is 47.0 Å². The molecule has 102 valence electrons. The lowest BCUT2D eigenvalue weighted by Crippen LogP contribution is -1.88. The van der Waals surface area contributed by atoms with Crippen LogP contribution in [-0.4, -0.2) is 4.98 Å². The van der Waals surface area contributed by atoms with E-state index in [1.807, 2.05) is 18.2 Å². The minimum atomic E-state index is 0.628. The predicted molar refractivity (Wildman–Crippen MR) is 82.7 cm³/mol. The van der Waals surface area contributed by atoms with Gasteiger partial charge in [0.25, 0.3) is 0 Å². The lowest BCUT2D eigenvalue weighted by Gasteiger charge is -2.01. The zero-order valence-corrected chi connectivity index (χ0v) is 12.0. The van der Waals surface area contributed by atoms with E-state index in [-0.39, 0.29) is 0 Å². The zero-order valence-electron chi connectivity index (χ0n) is 12.0. The maximum absolute atomic E-state index is 6.04. The summed E-state index contributed by atoms with van der Waals surface area (Å²) in [6, 6.07) is 10.2. The van der Waals surface area contributed by atoms with Crippen molar-refractivity contribution in [1.29, 1.82) is 0 Å². The second-order valence-corrected chi connectivity index (χ2v) is 5.20. The first-order chi connectivity index (χ1) is 9.58. The first kappa shape index (κ1) is 12.7. The van der Waals surface area contributed by atoms with Crippen LogP contribution in [0.2, 0.25) is 0 Å². The fourth-order valence-corrected chi connectivity index (χ4v) is 2.32. The monoisotopic (exact) mass is 266 g/mol. The van der Waals surface area contributed by atoms with Crippen LogP contribution in [0.25, 0.3) is 22.6 Å². The van der Waals surface area contributed by atoms with Crippen molar-refractivity contribution in [2.45, 2.75) is 27.2 Å². The van der Waals surface area contributed by atoms with Crippen LogP contribution < -0.4 is 5.73 Å². The predicted octanol–water partition coefficient (Wildman–Crippen LogP) is 4.26. The molecule has 0 bridgehead atoms. The van der Waals surface area contributed by atoms with Gasteiger partial charge in [-0.2, -0.15) is 0 Å². The number of rotatable bonds is 2. The van der Waals surface area contributed by atoms with Crippen LogP contribution in [-0.2, 0) is 6.42 Å². The Hall–Kier alpha value is -2.29. The second-order valence-electron chi connectivity index (χ2n) is 5.20. The summed E-state index contributed by atoms with van der Waals surface area (Å²) in [7, 11) is 0. The fraction of sp³-hybridized carbons (Fsp3) is 0.235. The Morgan fingerprint density at radius 2 is 1.90 bits per heavy atom. The largest absolute Gasteiger partial charge is 0.434 e. The Bertz CT molecular complexity index is 787. The molecular formula is C17H18N2O. The molecule has 0 unspecified atom stereocenters. The van der Waals surface area contributed by atoms with E-state index < -0.39 is 0 Å². The number of nitrogen functional groups attached to an aromatic ring is 1. The number of nitrogens with zero attached hydrogens (tertiary/aromatic N) is 1. The van der Waals surface area contributed by atoms with Gasteiger partial charge < -0.3 is 10.2 Å². The number of nitrogens with two attached hydrogens (primary N) is 1. The van der Waals surface area contributed by atoms with E-state index in [1.165, 1.54) is 16.7 Å². The minimum absolute atomic E-state index is 0.628. The van der Waals surface area contributed by atoms with Crippen molar-refractivity contribution in [3.63, 3.8) is 0 Å². The van der Waals surface area contributed by atoms with Crippen molar-refractivity contribution >= 4 is 16.8 Å². The number of hydrogen-bond acceptors (Lipinski definition) is 3. The quantitative estimate of drug-likeness (QED) is 0.705. The van der Waals surface area contributed by atoms with Gasteiger partial charge in [-0.25, -0.2) is 4.98 Å². The summed E-state index contributed by atoms with van der Waals surface area (Å²) in [5.41, 5.74) is 12.9. The number of hydrogen-bond donors (Lipinski definition) is 1. The van der Waals surface area contributed by atoms with Gasteiger partial charge in [0.05, 0.1) is 5.69 Å². The molecule has 0 radical (unpaired) electrons. The molecule has 0 saturated carbocycles. The number of aromatic nitrogens is 1. The van der Waals surface area contributed by atoms with Crippen LogP contribution in [0.15, 0.2) is 34.7 Å². The lowest BCUT2D eigenvalue weighted by molar-refractivity contribution is 0.621. The SMILES string of the molecule is CCc1cc(N)c2oc(-c3ccc(C)c(C)c3)nc2c1. The molecule has 0 aliphatic carbocycles. The summed E-state index contributed by atoms with van der Waals surface area (Å²) < 4.78 is 5.84. The molecule has 0 atom stereocenters. The Kier molecular flexibility index (Phi) is 2.97. The maximum atomic E-state index is 6.04. The van der Waals surface area contributed by atoms with Gasteiger partial charge in [-0.15, -0.1) is 0 Å². The van der Waals surface area contributed by atoms with Crippen molar-refractivity contribution in [2.24, 2.45) is 0 Å². The first-order valence-electron chi connectivity index (χ1n) is 6.85. The highest BCUT2D eigenvalue weighted by atomic mass is 16.3. The van der Waals surface area contributed by atoms with Crippen molar-refractivity contribution in [1.82, 2.24) is 4.98 Å². The van der Waals surface area contributed by atoms with E-state index in [9.17, 15) is 0 Å². The first-order valence-corrected chi connectivity index (χ1v) is 6.85. The van der Waals surface area contributed by atoms with E-state index in [4.69, 9.17) is 10.2 Å². The standard InChI is InChI=1S/C17H18N2O/c1-4-12-8-14(18)16-15(9-12)19-17(20-16)13-6-5-10(2)11(3)7-13/h5-9H,4,18H2,1-3H3. The van der Waals surface area contributed by atoms with E-state index in [2.05, 4.69) is 37.9 Å². The third kappa shape index (κ3) is 2.05. The number of benzene rings is 2. The minimum Gasteiger partial charge on any atom is -0.434 e. The van der Waals surface area contributed by atoms with Crippen molar-refractivity contribution < 1.29 is 4.42 Å². The van der Waals surface area contributed by atoms with E-state index >= 15 is 0 Å². The molecule has 3 aromatic rings. The third-order valence-corrected chi connectivity index (χ3v) is 3.74. The summed E-state index contributed by atoms with van der Waals surface area (Å²) in [4.78, 5) is 4.58. The third-order valence-electron chi connectivity index (χ3n) is 3.74. The molecule has 3 nitrogen and oxygen atoms in total. The molecular weight excluding hydrogens is 248 g/mol. The van der Waals surface area contributed by atoms with Gasteiger partial charge in [-0.1, -0.05) is 13.0 Å². The highest BCUT2D eigenvalue weighted by Gasteiger charge is 2.12. The Morgan fingerprint density at radius 3 is 2.60 bits per heavy atom. The molecule has 2 aromatic carbocycles. The summed E-state index contributed by atoms with van der Waals surface area (Å²) >= 11 is 0. The average Bonchev–Trinajstić information content (AvgIpc) is 2.86. The molecule has 20 heavy (non-hydrogen) atoms. The Balaban J connectivity index is 2.17. The molecule has 1 heterocycles. The number of anilines is 1. The summed E-state index contributed by atoms with van der Waals surface area (Å²) in [5.74, 6) is 0.628. The zero-order chi connectivity index (χ0) is 14.3. The van der Waals surface area contributed by atoms with Crippen LogP contribution in [0.1, 0.15) is 23.6 Å². The summed E-state index contributed by atoms with van der Waals surface area (Å²) in [6.45, 7) is 6.28. The lowest BCUT2D eigenvalue weighted by atomic mass is 10.1. The average molecular weight is 266 g/mol. The van der Waals surface area contributed by atoms with E-state index in [1.54, 1.807) is 0 Å².